The number of aliphatic hydroxyl groups excluding tert-OH is 1. The Bertz CT molecular complexity index is 368. The second-order valence-electron chi connectivity index (χ2n) is 4.45. The Balaban J connectivity index is 2.76. The van der Waals surface area contributed by atoms with Crippen LogP contribution in [0.15, 0.2) is 18.2 Å². The summed E-state index contributed by atoms with van der Waals surface area (Å²) in [6.07, 6.45) is -0.805. The van der Waals surface area contributed by atoms with Crippen LogP contribution in [0.5, 0.6) is 0 Å². The minimum atomic E-state index is -0.726. The molecule has 0 bridgehead atoms. The van der Waals surface area contributed by atoms with E-state index < -0.39 is 11.9 Å². The number of halogens is 2. The van der Waals surface area contributed by atoms with Crippen LogP contribution >= 0.6 is 11.6 Å². The zero-order valence-electron chi connectivity index (χ0n) is 10.3. The number of benzene rings is 1. The van der Waals surface area contributed by atoms with E-state index in [1.807, 2.05) is 13.8 Å². The van der Waals surface area contributed by atoms with Crippen LogP contribution in [0, 0.1) is 11.7 Å². The molecule has 1 N–H and O–H groups in total. The van der Waals surface area contributed by atoms with Crippen molar-refractivity contribution in [1.82, 2.24) is 0 Å². The van der Waals surface area contributed by atoms with Crippen LogP contribution in [0.1, 0.15) is 19.4 Å². The Morgan fingerprint density at radius 1 is 1.41 bits per heavy atom. The number of methoxy groups -OCH3 is 1. The maximum Gasteiger partial charge on any atom is 0.127 e. The highest BCUT2D eigenvalue weighted by Gasteiger charge is 2.23. The molecule has 0 aromatic heterocycles. The minimum Gasteiger partial charge on any atom is -0.390 e. The normalized spacial score (nSPS) is 15.0. The van der Waals surface area contributed by atoms with Gasteiger partial charge in [0.15, 0.2) is 0 Å². The van der Waals surface area contributed by atoms with Crippen molar-refractivity contribution in [2.45, 2.75) is 32.5 Å². The lowest BCUT2D eigenvalue weighted by Gasteiger charge is -2.25. The van der Waals surface area contributed by atoms with Crippen molar-refractivity contribution >= 4 is 11.6 Å². The van der Waals surface area contributed by atoms with E-state index in [0.717, 1.165) is 0 Å². The second kappa shape index (κ2) is 6.34. The van der Waals surface area contributed by atoms with Gasteiger partial charge in [0.1, 0.15) is 5.82 Å². The fourth-order valence-corrected chi connectivity index (χ4v) is 2.06. The van der Waals surface area contributed by atoms with Gasteiger partial charge in [-0.15, -0.1) is 0 Å². The number of rotatable bonds is 5. The van der Waals surface area contributed by atoms with Crippen molar-refractivity contribution in [2.24, 2.45) is 5.92 Å². The predicted molar refractivity (Wildman–Crippen MR) is 66.8 cm³/mol. The molecule has 1 rings (SSSR count). The Morgan fingerprint density at radius 3 is 2.53 bits per heavy atom. The smallest absolute Gasteiger partial charge is 0.127 e. The first-order chi connectivity index (χ1) is 7.95. The first kappa shape index (κ1) is 14.4. The summed E-state index contributed by atoms with van der Waals surface area (Å²) in [5.74, 6) is -0.222. The molecular formula is C13H18ClFO2. The average Bonchev–Trinajstić information content (AvgIpc) is 2.22. The summed E-state index contributed by atoms with van der Waals surface area (Å²) in [6.45, 7) is 3.91. The number of ether oxygens (including phenoxy) is 1. The third-order valence-corrected chi connectivity index (χ3v) is 2.99. The molecule has 0 spiro atoms. The fourth-order valence-electron chi connectivity index (χ4n) is 1.90. The van der Waals surface area contributed by atoms with Gasteiger partial charge in [-0.2, -0.15) is 0 Å². The quantitative estimate of drug-likeness (QED) is 0.882. The van der Waals surface area contributed by atoms with E-state index in [2.05, 4.69) is 0 Å². The van der Waals surface area contributed by atoms with Gasteiger partial charge >= 0.3 is 0 Å². The molecule has 0 aliphatic heterocycles. The maximum absolute atomic E-state index is 13.5. The summed E-state index contributed by atoms with van der Waals surface area (Å²) in [7, 11) is 1.55. The van der Waals surface area contributed by atoms with E-state index in [-0.39, 0.29) is 18.4 Å². The van der Waals surface area contributed by atoms with E-state index in [1.54, 1.807) is 19.2 Å². The molecule has 0 aliphatic carbocycles. The van der Waals surface area contributed by atoms with E-state index in [4.69, 9.17) is 16.3 Å². The molecule has 4 heteroatoms. The third kappa shape index (κ3) is 3.95. The molecule has 96 valence electrons. The Morgan fingerprint density at radius 2 is 2.06 bits per heavy atom. The van der Waals surface area contributed by atoms with Gasteiger partial charge in [-0.25, -0.2) is 4.39 Å². The van der Waals surface area contributed by atoms with Crippen molar-refractivity contribution in [2.75, 3.05) is 7.11 Å². The average molecular weight is 261 g/mol. The lowest BCUT2D eigenvalue weighted by molar-refractivity contribution is -0.0370. The van der Waals surface area contributed by atoms with Crippen LogP contribution < -0.4 is 0 Å². The van der Waals surface area contributed by atoms with Gasteiger partial charge in [0, 0.05) is 18.6 Å². The van der Waals surface area contributed by atoms with Gasteiger partial charge in [-0.05, 0) is 23.6 Å². The fraction of sp³-hybridized carbons (Fsp3) is 0.538. The van der Waals surface area contributed by atoms with Crippen LogP contribution in [0.3, 0.4) is 0 Å². The standard InChI is InChI=1S/C13H18ClFO2/c1-8(2)13(17-3)12(16)6-9-4-5-10(14)7-11(9)15/h4-5,7-8,12-13,16H,6H2,1-3H3. The molecule has 0 saturated heterocycles. The highest BCUT2D eigenvalue weighted by atomic mass is 35.5. The molecule has 2 nitrogen and oxygen atoms in total. The molecule has 1 aromatic carbocycles. The third-order valence-electron chi connectivity index (χ3n) is 2.75. The second-order valence-corrected chi connectivity index (χ2v) is 4.89. The summed E-state index contributed by atoms with van der Waals surface area (Å²) in [5, 5.41) is 10.4. The van der Waals surface area contributed by atoms with Gasteiger partial charge in [0.25, 0.3) is 0 Å². The van der Waals surface area contributed by atoms with Crippen molar-refractivity contribution in [1.29, 1.82) is 0 Å². The number of hydrogen-bond donors (Lipinski definition) is 1. The van der Waals surface area contributed by atoms with Crippen molar-refractivity contribution < 1.29 is 14.2 Å². The van der Waals surface area contributed by atoms with Gasteiger partial charge in [-0.1, -0.05) is 31.5 Å². The predicted octanol–water partition coefficient (Wildman–Crippen LogP) is 3.05. The van der Waals surface area contributed by atoms with Crippen LogP contribution in [-0.2, 0) is 11.2 Å². The molecule has 0 aliphatic rings. The van der Waals surface area contributed by atoms with Crippen molar-refractivity contribution in [3.05, 3.63) is 34.6 Å². The van der Waals surface area contributed by atoms with E-state index >= 15 is 0 Å². The zero-order chi connectivity index (χ0) is 13.0. The lowest BCUT2D eigenvalue weighted by Crippen LogP contribution is -2.34. The summed E-state index contributed by atoms with van der Waals surface area (Å²) in [5.41, 5.74) is 0.449. The van der Waals surface area contributed by atoms with E-state index in [1.165, 1.54) is 6.07 Å². The van der Waals surface area contributed by atoms with Gasteiger partial charge in [-0.3, -0.25) is 0 Å². The zero-order valence-corrected chi connectivity index (χ0v) is 11.0. The van der Waals surface area contributed by atoms with E-state index in [0.29, 0.717) is 10.6 Å². The van der Waals surface area contributed by atoms with Crippen LogP contribution in [0.25, 0.3) is 0 Å². The molecule has 0 amide bonds. The first-order valence-corrected chi connectivity index (χ1v) is 5.98. The molecule has 1 aromatic rings. The monoisotopic (exact) mass is 260 g/mol. The van der Waals surface area contributed by atoms with Crippen molar-refractivity contribution in [3.8, 4) is 0 Å². The van der Waals surface area contributed by atoms with Crippen molar-refractivity contribution in [3.63, 3.8) is 0 Å². The highest BCUT2D eigenvalue weighted by Crippen LogP contribution is 2.19. The summed E-state index contributed by atoms with van der Waals surface area (Å²) in [4.78, 5) is 0. The summed E-state index contributed by atoms with van der Waals surface area (Å²) < 4.78 is 18.8. The SMILES string of the molecule is COC(C(C)C)C(O)Cc1ccc(Cl)cc1F. The van der Waals surface area contributed by atoms with Gasteiger partial charge in [0.05, 0.1) is 12.2 Å². The maximum atomic E-state index is 13.5. The van der Waals surface area contributed by atoms with Gasteiger partial charge < -0.3 is 9.84 Å². The number of hydrogen-bond acceptors (Lipinski definition) is 2. The first-order valence-electron chi connectivity index (χ1n) is 5.60. The molecule has 0 fully saturated rings. The Labute approximate surface area is 106 Å². The summed E-state index contributed by atoms with van der Waals surface area (Å²) >= 11 is 5.67. The minimum absolute atomic E-state index is 0.172. The molecule has 0 saturated carbocycles. The molecule has 0 radical (unpaired) electrons. The molecule has 2 atom stereocenters. The molecule has 2 unspecified atom stereocenters. The molecular weight excluding hydrogens is 243 g/mol. The molecule has 0 heterocycles. The van der Waals surface area contributed by atoms with E-state index in [9.17, 15) is 9.50 Å². The molecule has 17 heavy (non-hydrogen) atoms. The number of aliphatic hydroxyl groups is 1. The summed E-state index contributed by atoms with van der Waals surface area (Å²) in [6, 6.07) is 4.46. The Kier molecular flexibility index (Phi) is 5.37. The largest absolute Gasteiger partial charge is 0.390 e. The highest BCUT2D eigenvalue weighted by molar-refractivity contribution is 6.30. The Hall–Kier alpha value is -0.640. The van der Waals surface area contributed by atoms with Crippen LogP contribution in [0.4, 0.5) is 4.39 Å². The van der Waals surface area contributed by atoms with Gasteiger partial charge in [0.2, 0.25) is 0 Å². The van der Waals surface area contributed by atoms with Crippen LogP contribution in [-0.4, -0.2) is 24.4 Å². The lowest BCUT2D eigenvalue weighted by atomic mass is 9.96. The topological polar surface area (TPSA) is 29.5 Å². The van der Waals surface area contributed by atoms with Crippen LogP contribution in [0.2, 0.25) is 5.02 Å².